The van der Waals surface area contributed by atoms with E-state index < -0.39 is 0 Å². The van der Waals surface area contributed by atoms with Crippen LogP contribution in [-0.4, -0.2) is 0 Å². The van der Waals surface area contributed by atoms with Gasteiger partial charge in [-0.15, -0.1) is 0 Å². The van der Waals surface area contributed by atoms with E-state index in [0.29, 0.717) is 0 Å². The van der Waals surface area contributed by atoms with Crippen LogP contribution in [0.1, 0.15) is 0 Å². The number of hydrogen-bond acceptors (Lipinski definition) is 4. The summed E-state index contributed by atoms with van der Waals surface area (Å²) in [4.78, 5) is 4.63. The van der Waals surface area contributed by atoms with Gasteiger partial charge in [-0.05, 0) is 78.2 Å². The highest BCUT2D eigenvalue weighted by atomic mass is 16.3. The summed E-state index contributed by atoms with van der Waals surface area (Å²) in [5.41, 5.74) is 9.34. The molecule has 0 aliphatic carbocycles. The van der Waals surface area contributed by atoms with Gasteiger partial charge in [0.1, 0.15) is 22.4 Å². The first-order valence-corrected chi connectivity index (χ1v) is 16.9. The zero-order chi connectivity index (χ0) is 33.0. The fourth-order valence-corrected chi connectivity index (χ4v) is 7.36. The Hall–Kier alpha value is -6.78. The molecule has 0 amide bonds. The van der Waals surface area contributed by atoms with Gasteiger partial charge in [-0.3, -0.25) is 0 Å². The van der Waals surface area contributed by atoms with Crippen LogP contribution in [0.15, 0.2) is 191 Å². The third-order valence-electron chi connectivity index (χ3n) is 9.61. The molecule has 0 atom stereocenters. The normalized spacial score (nSPS) is 11.6. The van der Waals surface area contributed by atoms with E-state index in [0.717, 1.165) is 88.8 Å². The summed E-state index contributed by atoms with van der Waals surface area (Å²) in [5, 5.41) is 6.56. The average Bonchev–Trinajstić information content (AvgIpc) is 3.75. The molecule has 0 aliphatic heterocycles. The summed E-state index contributed by atoms with van der Waals surface area (Å²) in [6.07, 6.45) is 0. The fourth-order valence-electron chi connectivity index (χ4n) is 7.36. The van der Waals surface area contributed by atoms with Gasteiger partial charge in [0, 0.05) is 50.1 Å². The Morgan fingerprint density at radius 2 is 0.860 bits per heavy atom. The summed E-state index contributed by atoms with van der Waals surface area (Å²) in [6.45, 7) is 0. The maximum absolute atomic E-state index is 7.13. The summed E-state index contributed by atoms with van der Waals surface area (Å²) in [7, 11) is 0. The molecule has 236 valence electrons. The predicted molar refractivity (Wildman–Crippen MR) is 208 cm³/mol. The van der Waals surface area contributed by atoms with Crippen molar-refractivity contribution >= 4 is 88.8 Å². The minimum absolute atomic E-state index is 0.805. The van der Waals surface area contributed by atoms with Crippen molar-refractivity contribution in [3.8, 4) is 0 Å². The SMILES string of the molecule is c1ccc(N(c2ccccc2)c2ccc3c(oc4c5ccccc5ccc34)c2N(c2ccccc2)c2ccc3c(c2)oc2ccccc23)cc1. The van der Waals surface area contributed by atoms with Crippen LogP contribution in [-0.2, 0) is 0 Å². The molecule has 4 nitrogen and oxygen atoms in total. The molecule has 4 heteroatoms. The van der Waals surface area contributed by atoms with Crippen molar-refractivity contribution in [1.29, 1.82) is 0 Å². The van der Waals surface area contributed by atoms with Gasteiger partial charge in [0.25, 0.3) is 0 Å². The molecule has 0 saturated carbocycles. The smallest absolute Gasteiger partial charge is 0.161 e. The number of benzene rings is 8. The zero-order valence-corrected chi connectivity index (χ0v) is 27.0. The number of para-hydroxylation sites is 4. The van der Waals surface area contributed by atoms with E-state index in [1.807, 2.05) is 12.1 Å². The topological polar surface area (TPSA) is 32.8 Å². The molecule has 0 fully saturated rings. The van der Waals surface area contributed by atoms with E-state index in [1.165, 1.54) is 0 Å². The van der Waals surface area contributed by atoms with Crippen molar-refractivity contribution in [2.24, 2.45) is 0 Å². The Morgan fingerprint density at radius 3 is 1.58 bits per heavy atom. The average molecular weight is 643 g/mol. The van der Waals surface area contributed by atoms with Crippen molar-refractivity contribution in [1.82, 2.24) is 0 Å². The number of nitrogens with zero attached hydrogens (tertiary/aromatic N) is 2. The van der Waals surface area contributed by atoms with Gasteiger partial charge in [-0.1, -0.05) is 103 Å². The van der Waals surface area contributed by atoms with Crippen LogP contribution in [0.3, 0.4) is 0 Å². The van der Waals surface area contributed by atoms with E-state index in [4.69, 9.17) is 8.83 Å². The minimum Gasteiger partial charge on any atom is -0.456 e. The van der Waals surface area contributed by atoms with Crippen LogP contribution in [0, 0.1) is 0 Å². The largest absolute Gasteiger partial charge is 0.456 e. The lowest BCUT2D eigenvalue weighted by atomic mass is 10.0. The molecule has 0 aliphatic rings. The van der Waals surface area contributed by atoms with Gasteiger partial charge < -0.3 is 18.6 Å². The second kappa shape index (κ2) is 11.4. The molecule has 10 rings (SSSR count). The number of rotatable bonds is 6. The van der Waals surface area contributed by atoms with Crippen LogP contribution in [0.5, 0.6) is 0 Å². The molecular weight excluding hydrogens is 613 g/mol. The third-order valence-corrected chi connectivity index (χ3v) is 9.61. The Kier molecular flexibility index (Phi) is 6.46. The van der Waals surface area contributed by atoms with Gasteiger partial charge in [0.05, 0.1) is 11.4 Å². The lowest BCUT2D eigenvalue weighted by molar-refractivity contribution is 0.668. The standard InChI is InChI=1S/C46H30N2O2/c1-4-15-32(16-5-1)47(33-17-6-2-7-18-33)41-29-28-40-39-26-24-31-14-10-11-21-36(31)45(39)50-46(40)44(41)48(34-19-8-3-9-20-34)35-25-27-38-37-22-12-13-23-42(37)49-43(38)30-35/h1-30H. The molecule has 0 spiro atoms. The van der Waals surface area contributed by atoms with Crippen molar-refractivity contribution in [2.75, 3.05) is 9.80 Å². The maximum Gasteiger partial charge on any atom is 0.161 e. The highest BCUT2D eigenvalue weighted by molar-refractivity contribution is 6.19. The van der Waals surface area contributed by atoms with Crippen molar-refractivity contribution in [2.45, 2.75) is 0 Å². The van der Waals surface area contributed by atoms with Crippen LogP contribution in [0.2, 0.25) is 0 Å². The molecule has 0 bridgehead atoms. The molecule has 50 heavy (non-hydrogen) atoms. The van der Waals surface area contributed by atoms with Crippen LogP contribution in [0.25, 0.3) is 54.6 Å². The molecule has 0 saturated heterocycles. The Morgan fingerprint density at radius 1 is 0.320 bits per heavy atom. The van der Waals surface area contributed by atoms with Gasteiger partial charge in [-0.2, -0.15) is 0 Å². The lowest BCUT2D eigenvalue weighted by Gasteiger charge is -2.33. The monoisotopic (exact) mass is 642 g/mol. The number of fused-ring (bicyclic) bond motifs is 8. The first-order chi connectivity index (χ1) is 24.8. The van der Waals surface area contributed by atoms with E-state index in [-0.39, 0.29) is 0 Å². The minimum atomic E-state index is 0.805. The highest BCUT2D eigenvalue weighted by Gasteiger charge is 2.28. The van der Waals surface area contributed by atoms with E-state index in [2.05, 4.69) is 180 Å². The fraction of sp³-hybridized carbons (Fsp3) is 0. The van der Waals surface area contributed by atoms with E-state index >= 15 is 0 Å². The number of hydrogen-bond donors (Lipinski definition) is 0. The molecule has 10 aromatic rings. The quantitative estimate of drug-likeness (QED) is 0.181. The van der Waals surface area contributed by atoms with Crippen LogP contribution in [0.4, 0.5) is 34.1 Å². The summed E-state index contributed by atoms with van der Waals surface area (Å²) >= 11 is 0. The van der Waals surface area contributed by atoms with Crippen LogP contribution < -0.4 is 9.80 Å². The number of anilines is 6. The van der Waals surface area contributed by atoms with Crippen molar-refractivity contribution in [3.05, 3.63) is 182 Å². The van der Waals surface area contributed by atoms with E-state index in [1.54, 1.807) is 0 Å². The second-order valence-corrected chi connectivity index (χ2v) is 12.5. The Bertz CT molecular complexity index is 2780. The van der Waals surface area contributed by atoms with Crippen LogP contribution >= 0.6 is 0 Å². The summed E-state index contributed by atoms with van der Waals surface area (Å²) in [5.74, 6) is 0. The summed E-state index contributed by atoms with van der Waals surface area (Å²) in [6, 6.07) is 63.6. The molecule has 2 aromatic heterocycles. The third kappa shape index (κ3) is 4.46. The van der Waals surface area contributed by atoms with Gasteiger partial charge in [0.15, 0.2) is 5.58 Å². The Balaban J connectivity index is 1.34. The molecular formula is C46H30N2O2. The van der Waals surface area contributed by atoms with Gasteiger partial charge in [-0.25, -0.2) is 0 Å². The first kappa shape index (κ1) is 28.3. The second-order valence-electron chi connectivity index (χ2n) is 12.5. The molecule has 8 aromatic carbocycles. The molecule has 0 N–H and O–H groups in total. The molecule has 0 unspecified atom stereocenters. The number of furan rings is 2. The molecule has 2 heterocycles. The van der Waals surface area contributed by atoms with E-state index in [9.17, 15) is 0 Å². The summed E-state index contributed by atoms with van der Waals surface area (Å²) < 4.78 is 13.6. The molecule has 0 radical (unpaired) electrons. The Labute approximate surface area is 288 Å². The van der Waals surface area contributed by atoms with Gasteiger partial charge >= 0.3 is 0 Å². The van der Waals surface area contributed by atoms with Crippen molar-refractivity contribution in [3.63, 3.8) is 0 Å². The highest BCUT2D eigenvalue weighted by Crippen LogP contribution is 2.51. The lowest BCUT2D eigenvalue weighted by Crippen LogP contribution is -2.17. The maximum atomic E-state index is 7.13. The van der Waals surface area contributed by atoms with Gasteiger partial charge in [0.2, 0.25) is 0 Å². The zero-order valence-electron chi connectivity index (χ0n) is 27.0. The predicted octanol–water partition coefficient (Wildman–Crippen LogP) is 13.6. The first-order valence-electron chi connectivity index (χ1n) is 16.9. The van der Waals surface area contributed by atoms with Crippen molar-refractivity contribution < 1.29 is 8.83 Å².